The van der Waals surface area contributed by atoms with E-state index < -0.39 is 65.2 Å². The van der Waals surface area contributed by atoms with E-state index in [0.29, 0.717) is 38.8 Å². The first-order valence-corrected chi connectivity index (χ1v) is 29.7. The van der Waals surface area contributed by atoms with E-state index in [2.05, 4.69) is 10.6 Å². The van der Waals surface area contributed by atoms with E-state index in [1.165, 1.54) is 12.8 Å². The maximum absolute atomic E-state index is 13.1. The summed E-state index contributed by atoms with van der Waals surface area (Å²) in [4.78, 5) is 43.7. The third kappa shape index (κ3) is 36.0. The highest BCUT2D eigenvalue weighted by Crippen LogP contribution is 2.70. The third-order valence-corrected chi connectivity index (χ3v) is 19.0. The standard InChI is InChI=1S/C14H31NO7P2.C13H30N2O7P2.C5H10O2.C4H9NO2.C4H8O/c1-6-11-12-13(16)15-14(23(17,19-7-2)20-8-3)24(18,21-9-4)22-10-5;1-5-19-23(17,20-6-2)13(15-12(16)10-9-11-14)24(18,21-7-3)22-8-4;1-2-3-4-5(6)7;5-3-1-2-4(6)7;1-2-4-5-3-1/h14H,6-12H2,1-5H3,(H,15,16);13H,5-11,14H2,1-4H3,(H,15,16);2-4H2,1H3,(H,6,7);1-3,5H2,(H,6,7);1-4H2. The highest BCUT2D eigenvalue weighted by atomic mass is 31.2. The third-order valence-electron chi connectivity index (χ3n) is 7.78. The van der Waals surface area contributed by atoms with Crippen LogP contribution in [0.3, 0.4) is 0 Å². The molecule has 1 aliphatic heterocycles. The zero-order valence-electron chi connectivity index (χ0n) is 41.9. The van der Waals surface area contributed by atoms with Crippen molar-refractivity contribution in [3.05, 3.63) is 0 Å². The fraction of sp³-hybridized carbons (Fsp3) is 0.900. The smallest absolute Gasteiger partial charge is 0.365 e. The number of rotatable bonds is 34. The number of carboxylic acid groups (broad SMARTS) is 2. The Kier molecular flexibility index (Phi) is 48.8. The van der Waals surface area contributed by atoms with Gasteiger partial charge in [0.15, 0.2) is 0 Å². The van der Waals surface area contributed by atoms with Gasteiger partial charge in [-0.15, -0.1) is 0 Å². The van der Waals surface area contributed by atoms with Crippen molar-refractivity contribution in [1.82, 2.24) is 10.6 Å². The van der Waals surface area contributed by atoms with Gasteiger partial charge in [-0.25, -0.2) is 0 Å². The molecule has 1 rings (SSSR count). The van der Waals surface area contributed by atoms with E-state index in [1.807, 2.05) is 13.8 Å². The van der Waals surface area contributed by atoms with Crippen LogP contribution in [0.1, 0.15) is 146 Å². The Bertz CT molecular complexity index is 1260. The first kappa shape index (κ1) is 71.9. The molecule has 67 heavy (non-hydrogen) atoms. The second-order valence-corrected chi connectivity index (χ2v) is 22.7. The van der Waals surface area contributed by atoms with Crippen LogP contribution in [0.2, 0.25) is 0 Å². The lowest BCUT2D eigenvalue weighted by Crippen LogP contribution is -2.37. The summed E-state index contributed by atoms with van der Waals surface area (Å²) in [5.41, 5.74) is 7.37. The van der Waals surface area contributed by atoms with Crippen molar-refractivity contribution in [1.29, 1.82) is 0 Å². The lowest BCUT2D eigenvalue weighted by Gasteiger charge is -2.31. The molecule has 8 N–H and O–H groups in total. The predicted molar refractivity (Wildman–Crippen MR) is 258 cm³/mol. The molecule has 1 fully saturated rings. The maximum atomic E-state index is 13.1. The highest BCUT2D eigenvalue weighted by molar-refractivity contribution is 7.73. The zero-order chi connectivity index (χ0) is 52.2. The molecule has 23 nitrogen and oxygen atoms in total. The van der Waals surface area contributed by atoms with Crippen LogP contribution >= 0.6 is 30.4 Å². The summed E-state index contributed by atoms with van der Waals surface area (Å²) in [6.45, 7) is 20.2. The molecule has 0 atom stereocenters. The van der Waals surface area contributed by atoms with Crippen LogP contribution in [0.4, 0.5) is 0 Å². The summed E-state index contributed by atoms with van der Waals surface area (Å²) in [5.74, 6) is -2.35. The number of carbonyl (C=O) groups excluding carboxylic acids is 2. The van der Waals surface area contributed by atoms with Crippen LogP contribution in [-0.4, -0.2) is 124 Å². The predicted octanol–water partition coefficient (Wildman–Crippen LogP) is 8.63. The minimum absolute atomic E-state index is 0.0463. The number of unbranched alkanes of at least 4 members (excludes halogenated alkanes) is 2. The van der Waals surface area contributed by atoms with Crippen molar-refractivity contribution < 1.29 is 88.6 Å². The number of carbonyl (C=O) groups is 4. The lowest BCUT2D eigenvalue weighted by atomic mass is 10.2. The summed E-state index contributed by atoms with van der Waals surface area (Å²) >= 11 is 0. The SMILES string of the molecule is C1CCOC1.CCCCC(=O)NC(P(=O)(OCC)OCC)P(=O)(OCC)OCC.CCCCC(=O)O.CCOP(=O)(OCC)C(NC(=O)CCCN)P(=O)(OCC)OCC.NCCCC(=O)O. The van der Waals surface area contributed by atoms with Crippen LogP contribution in [0.15, 0.2) is 0 Å². The summed E-state index contributed by atoms with van der Waals surface area (Å²) in [6, 6.07) is 0. The van der Waals surface area contributed by atoms with Gasteiger partial charge in [-0.05, 0) is 107 Å². The molecular weight excluding hydrogens is 964 g/mol. The molecule has 1 saturated heterocycles. The first-order valence-electron chi connectivity index (χ1n) is 23.3. The molecule has 1 aliphatic rings. The number of amides is 2. The molecular formula is C40H88N4O19P4. The average Bonchev–Trinajstić information content (AvgIpc) is 3.87. The Balaban J connectivity index is -0.000000425. The van der Waals surface area contributed by atoms with E-state index in [-0.39, 0.29) is 72.1 Å². The molecule has 0 saturated carbocycles. The van der Waals surface area contributed by atoms with Gasteiger partial charge in [0.2, 0.25) is 22.9 Å². The van der Waals surface area contributed by atoms with Crippen molar-refractivity contribution in [2.75, 3.05) is 79.2 Å². The van der Waals surface area contributed by atoms with Crippen LogP contribution in [0.25, 0.3) is 0 Å². The Morgan fingerprint density at radius 3 is 0.881 bits per heavy atom. The molecule has 402 valence electrons. The number of aliphatic carboxylic acids is 2. The largest absolute Gasteiger partial charge is 0.481 e. The second-order valence-electron chi connectivity index (χ2n) is 13.5. The van der Waals surface area contributed by atoms with Gasteiger partial charge in [-0.1, -0.05) is 26.7 Å². The van der Waals surface area contributed by atoms with Crippen molar-refractivity contribution in [3.63, 3.8) is 0 Å². The monoisotopic (exact) mass is 1050 g/mol. The molecule has 27 heteroatoms. The number of nitrogens with one attached hydrogen (secondary N) is 2. The number of hydrogen-bond acceptors (Lipinski definition) is 19. The van der Waals surface area contributed by atoms with E-state index in [4.69, 9.17) is 62.6 Å². The maximum Gasteiger partial charge on any atom is 0.365 e. The highest BCUT2D eigenvalue weighted by Gasteiger charge is 2.53. The Labute approximate surface area is 400 Å². The second kappa shape index (κ2) is 45.5. The van der Waals surface area contributed by atoms with Crippen molar-refractivity contribution in [2.24, 2.45) is 11.5 Å². The van der Waals surface area contributed by atoms with Crippen LogP contribution in [0, 0.1) is 0 Å². The van der Waals surface area contributed by atoms with Crippen molar-refractivity contribution >= 4 is 54.1 Å². The van der Waals surface area contributed by atoms with E-state index in [1.54, 1.807) is 55.4 Å². The van der Waals surface area contributed by atoms with Gasteiger partial charge in [-0.2, -0.15) is 0 Å². The molecule has 0 bridgehead atoms. The fourth-order valence-corrected chi connectivity index (χ4v) is 14.8. The van der Waals surface area contributed by atoms with Gasteiger partial charge in [0.05, 0.1) is 52.9 Å². The van der Waals surface area contributed by atoms with Gasteiger partial charge < -0.3 is 73.2 Å². The molecule has 0 spiro atoms. The fourth-order valence-electron chi connectivity index (χ4n) is 4.94. The van der Waals surface area contributed by atoms with Gasteiger partial charge in [-0.3, -0.25) is 37.4 Å². The van der Waals surface area contributed by atoms with E-state index in [9.17, 15) is 37.4 Å². The number of carboxylic acids is 2. The topological polar surface area (TPSA) is 336 Å². The quantitative estimate of drug-likeness (QED) is 0.0328. The summed E-state index contributed by atoms with van der Waals surface area (Å²) in [6.07, 6.45) is 7.61. The molecule has 1 heterocycles. The number of nitrogens with two attached hydrogens (primary N) is 2. The summed E-state index contributed by atoms with van der Waals surface area (Å²) in [7, 11) is -15.8. The average molecular weight is 1050 g/mol. The Morgan fingerprint density at radius 2 is 0.701 bits per heavy atom. The minimum atomic E-state index is -3.97. The summed E-state index contributed by atoms with van der Waals surface area (Å²) < 4.78 is 99.4. The Hall–Kier alpha value is -1.64. The van der Waals surface area contributed by atoms with Gasteiger partial charge >= 0.3 is 42.3 Å². The molecule has 0 radical (unpaired) electrons. The van der Waals surface area contributed by atoms with Crippen LogP contribution < -0.4 is 22.1 Å². The number of hydrogen-bond donors (Lipinski definition) is 6. The van der Waals surface area contributed by atoms with Crippen LogP contribution in [0.5, 0.6) is 0 Å². The first-order chi connectivity index (χ1) is 31.7. The zero-order valence-corrected chi connectivity index (χ0v) is 45.5. The molecule has 0 unspecified atom stereocenters. The molecule has 2 amide bonds. The van der Waals surface area contributed by atoms with Crippen molar-refractivity contribution in [3.8, 4) is 0 Å². The Morgan fingerprint density at radius 1 is 0.463 bits per heavy atom. The molecule has 0 aromatic heterocycles. The summed E-state index contributed by atoms with van der Waals surface area (Å²) in [5, 5.41) is 21.0. The van der Waals surface area contributed by atoms with Gasteiger partial charge in [0.1, 0.15) is 0 Å². The lowest BCUT2D eigenvalue weighted by molar-refractivity contribution is -0.138. The molecule has 0 aliphatic carbocycles. The van der Waals surface area contributed by atoms with Crippen LogP contribution in [-0.2, 0) is 78.4 Å². The van der Waals surface area contributed by atoms with Crippen molar-refractivity contribution in [2.45, 2.75) is 157 Å². The minimum Gasteiger partial charge on any atom is -0.481 e. The number of ether oxygens (including phenoxy) is 1. The molecule has 0 aromatic rings. The molecule has 0 aromatic carbocycles. The normalized spacial score (nSPS) is 12.6. The van der Waals surface area contributed by atoms with E-state index >= 15 is 0 Å². The van der Waals surface area contributed by atoms with Gasteiger partial charge in [0.25, 0.3) is 0 Å². The van der Waals surface area contributed by atoms with E-state index in [0.717, 1.165) is 32.5 Å². The van der Waals surface area contributed by atoms with Gasteiger partial charge in [0, 0.05) is 38.9 Å².